The van der Waals surface area contributed by atoms with Crippen LogP contribution < -0.4 is 9.64 Å². The molecule has 34 heavy (non-hydrogen) atoms. The predicted octanol–water partition coefficient (Wildman–Crippen LogP) is 4.54. The number of hydrogen-bond acceptors (Lipinski definition) is 6. The fourth-order valence-electron chi connectivity index (χ4n) is 5.23. The van der Waals surface area contributed by atoms with Crippen molar-refractivity contribution in [3.05, 3.63) is 34.8 Å². The van der Waals surface area contributed by atoms with Crippen LogP contribution in [0.2, 0.25) is 0 Å². The second kappa shape index (κ2) is 9.44. The number of nitrogens with zero attached hydrogens (tertiary/aromatic N) is 4. The summed E-state index contributed by atoms with van der Waals surface area (Å²) in [5.74, 6) is 1.34. The molecule has 1 aromatic carbocycles. The third-order valence-electron chi connectivity index (χ3n) is 7.37. The number of methoxy groups -OCH3 is 1. The number of halogens is 1. The number of anilines is 2. The Morgan fingerprint density at radius 1 is 1.26 bits per heavy atom. The highest BCUT2D eigenvalue weighted by Crippen LogP contribution is 2.43. The van der Waals surface area contributed by atoms with E-state index >= 15 is 4.39 Å². The van der Waals surface area contributed by atoms with Gasteiger partial charge >= 0.3 is 6.09 Å². The fraction of sp³-hybridized carbons (Fsp3) is 0.600. The molecule has 0 aliphatic carbocycles. The first-order valence-electron chi connectivity index (χ1n) is 12.3. The number of aromatic nitrogens is 2. The van der Waals surface area contributed by atoms with Gasteiger partial charge in [-0.15, -0.1) is 0 Å². The molecule has 9 heteroatoms. The SMILES string of the molecule is CCC(C)c1cc2c(cc1F)N(c1nn(C3CCOCC3)c3c1CN(C(=O)OC)CC3)CCO2. The Hall–Kier alpha value is -2.81. The number of benzene rings is 1. The van der Waals surface area contributed by atoms with Crippen LogP contribution in [-0.2, 0) is 22.4 Å². The van der Waals surface area contributed by atoms with Gasteiger partial charge in [-0.3, -0.25) is 4.68 Å². The molecule has 0 spiro atoms. The molecule has 0 bridgehead atoms. The zero-order valence-corrected chi connectivity index (χ0v) is 20.2. The van der Waals surface area contributed by atoms with Crippen molar-refractivity contribution in [3.63, 3.8) is 0 Å². The number of hydrogen-bond donors (Lipinski definition) is 0. The highest BCUT2D eigenvalue weighted by Gasteiger charge is 2.35. The van der Waals surface area contributed by atoms with Gasteiger partial charge in [-0.1, -0.05) is 13.8 Å². The van der Waals surface area contributed by atoms with Crippen LogP contribution in [-0.4, -0.2) is 60.8 Å². The average molecular weight is 473 g/mol. The first kappa shape index (κ1) is 23.0. The maximum atomic E-state index is 15.2. The van der Waals surface area contributed by atoms with Crippen molar-refractivity contribution in [1.29, 1.82) is 0 Å². The lowest BCUT2D eigenvalue weighted by Crippen LogP contribution is -2.37. The van der Waals surface area contributed by atoms with E-state index in [2.05, 4.69) is 16.5 Å². The van der Waals surface area contributed by atoms with Gasteiger partial charge in [-0.05, 0) is 36.8 Å². The lowest BCUT2D eigenvalue weighted by Gasteiger charge is -2.33. The van der Waals surface area contributed by atoms with Crippen LogP contribution in [0, 0.1) is 5.82 Å². The van der Waals surface area contributed by atoms with Crippen LogP contribution >= 0.6 is 0 Å². The minimum atomic E-state index is -0.345. The summed E-state index contributed by atoms with van der Waals surface area (Å²) in [4.78, 5) is 16.1. The molecule has 0 radical (unpaired) electrons. The summed E-state index contributed by atoms with van der Waals surface area (Å²) >= 11 is 0. The van der Waals surface area contributed by atoms with Crippen LogP contribution in [0.25, 0.3) is 0 Å². The molecule has 1 saturated heterocycles. The third kappa shape index (κ3) is 4.00. The van der Waals surface area contributed by atoms with E-state index in [1.54, 1.807) is 11.0 Å². The average Bonchev–Trinajstić information content (AvgIpc) is 3.26. The lowest BCUT2D eigenvalue weighted by molar-refractivity contribution is 0.0649. The van der Waals surface area contributed by atoms with Gasteiger partial charge in [0.1, 0.15) is 18.2 Å². The highest BCUT2D eigenvalue weighted by molar-refractivity contribution is 5.73. The molecule has 3 aliphatic rings. The normalized spacial score (nSPS) is 19.3. The number of ether oxygens (including phenoxy) is 3. The lowest BCUT2D eigenvalue weighted by atomic mass is 9.96. The minimum absolute atomic E-state index is 0.110. The van der Waals surface area contributed by atoms with Gasteiger partial charge in [0, 0.05) is 43.5 Å². The van der Waals surface area contributed by atoms with Crippen LogP contribution in [0.4, 0.5) is 20.7 Å². The summed E-state index contributed by atoms with van der Waals surface area (Å²) < 4.78 is 33.8. The van der Waals surface area contributed by atoms with Crippen molar-refractivity contribution in [2.24, 2.45) is 0 Å². The second-order valence-corrected chi connectivity index (χ2v) is 9.33. The standard InChI is InChI=1S/C25H33FN4O4/c1-4-16(2)18-13-23-22(14-20(18)26)29(9-12-34-23)24-19-15-28(25(31)32-3)8-5-21(19)30(27-24)17-6-10-33-11-7-17/h13-14,16-17H,4-12,15H2,1-3H3. The summed E-state index contributed by atoms with van der Waals surface area (Å²) in [7, 11) is 1.40. The molecule has 3 aliphatic heterocycles. The second-order valence-electron chi connectivity index (χ2n) is 9.33. The number of carbonyl (C=O) groups excluding carboxylic acids is 1. The number of rotatable bonds is 4. The van der Waals surface area contributed by atoms with Crippen molar-refractivity contribution in [2.45, 2.75) is 58.0 Å². The van der Waals surface area contributed by atoms with Gasteiger partial charge < -0.3 is 24.0 Å². The molecule has 1 atom stereocenters. The van der Waals surface area contributed by atoms with Gasteiger partial charge in [-0.25, -0.2) is 9.18 Å². The van der Waals surface area contributed by atoms with Gasteiger partial charge in [0.25, 0.3) is 0 Å². The molecule has 1 fully saturated rings. The molecule has 8 nitrogen and oxygen atoms in total. The van der Waals surface area contributed by atoms with E-state index in [1.807, 2.05) is 13.0 Å². The van der Waals surface area contributed by atoms with Gasteiger partial charge in [-0.2, -0.15) is 5.10 Å². The molecule has 2 aromatic rings. The summed E-state index contributed by atoms with van der Waals surface area (Å²) in [6, 6.07) is 3.68. The van der Waals surface area contributed by atoms with Crippen LogP contribution in [0.1, 0.15) is 61.9 Å². The third-order valence-corrected chi connectivity index (χ3v) is 7.37. The summed E-state index contributed by atoms with van der Waals surface area (Å²) in [6.07, 6.45) is 3.02. The van der Waals surface area contributed by atoms with E-state index in [4.69, 9.17) is 19.3 Å². The Balaban J connectivity index is 1.58. The van der Waals surface area contributed by atoms with Crippen LogP contribution in [0.5, 0.6) is 5.75 Å². The van der Waals surface area contributed by atoms with Crippen molar-refractivity contribution in [1.82, 2.24) is 14.7 Å². The quantitative estimate of drug-likeness (QED) is 0.651. The smallest absolute Gasteiger partial charge is 0.409 e. The maximum absolute atomic E-state index is 15.2. The summed E-state index contributed by atoms with van der Waals surface area (Å²) in [5.41, 5.74) is 3.51. The largest absolute Gasteiger partial charge is 0.490 e. The minimum Gasteiger partial charge on any atom is -0.490 e. The topological polar surface area (TPSA) is 69.1 Å². The molecule has 1 unspecified atom stereocenters. The Labute approximate surface area is 199 Å². The van der Waals surface area contributed by atoms with E-state index in [0.717, 1.165) is 36.3 Å². The Bertz CT molecular complexity index is 1070. The molecule has 4 heterocycles. The number of carbonyl (C=O) groups is 1. The first-order valence-corrected chi connectivity index (χ1v) is 12.3. The Kier molecular flexibility index (Phi) is 6.38. The van der Waals surface area contributed by atoms with E-state index in [1.165, 1.54) is 7.11 Å². The molecule has 0 N–H and O–H groups in total. The van der Waals surface area contributed by atoms with Crippen LogP contribution in [0.3, 0.4) is 0 Å². The van der Waals surface area contributed by atoms with E-state index in [-0.39, 0.29) is 23.9 Å². The van der Waals surface area contributed by atoms with Crippen LogP contribution in [0.15, 0.2) is 12.1 Å². The van der Waals surface area contributed by atoms with Crippen molar-refractivity contribution in [3.8, 4) is 5.75 Å². The van der Waals surface area contributed by atoms with Crippen molar-refractivity contribution in [2.75, 3.05) is 44.9 Å². The molecule has 0 saturated carbocycles. The van der Waals surface area contributed by atoms with E-state index in [0.29, 0.717) is 62.9 Å². The molecular formula is C25H33FN4O4. The fourth-order valence-corrected chi connectivity index (χ4v) is 5.23. The van der Waals surface area contributed by atoms with Gasteiger partial charge in [0.05, 0.1) is 31.9 Å². The zero-order valence-electron chi connectivity index (χ0n) is 20.2. The van der Waals surface area contributed by atoms with Crippen molar-refractivity contribution >= 4 is 17.6 Å². The van der Waals surface area contributed by atoms with Gasteiger partial charge in [0.2, 0.25) is 0 Å². The molecular weight excluding hydrogens is 439 g/mol. The molecule has 184 valence electrons. The molecule has 1 aromatic heterocycles. The molecule has 5 rings (SSSR count). The van der Waals surface area contributed by atoms with E-state index < -0.39 is 0 Å². The zero-order chi connectivity index (χ0) is 23.8. The predicted molar refractivity (Wildman–Crippen MR) is 125 cm³/mol. The molecule has 1 amide bonds. The highest BCUT2D eigenvalue weighted by atomic mass is 19.1. The number of fused-ring (bicyclic) bond motifs is 2. The monoisotopic (exact) mass is 472 g/mol. The maximum Gasteiger partial charge on any atom is 0.409 e. The Morgan fingerprint density at radius 3 is 2.79 bits per heavy atom. The first-order chi connectivity index (χ1) is 16.5. The van der Waals surface area contributed by atoms with Crippen molar-refractivity contribution < 1.29 is 23.4 Å². The number of amides is 1. The summed E-state index contributed by atoms with van der Waals surface area (Å²) in [5, 5.41) is 5.09. The van der Waals surface area contributed by atoms with Gasteiger partial charge in [0.15, 0.2) is 5.82 Å². The Morgan fingerprint density at radius 2 is 2.06 bits per heavy atom. The van der Waals surface area contributed by atoms with E-state index in [9.17, 15) is 4.79 Å². The summed E-state index contributed by atoms with van der Waals surface area (Å²) in [6.45, 7) is 7.56.